The number of nitrogens with two attached hydrogens (primary N) is 1. The smallest absolute Gasteiger partial charge is 0.338 e. The van der Waals surface area contributed by atoms with E-state index >= 15 is 0 Å². The highest BCUT2D eigenvalue weighted by atomic mass is 35.5. The summed E-state index contributed by atoms with van der Waals surface area (Å²) in [6.45, 7) is 3.20. The minimum Gasteiger partial charge on any atom is -0.454 e. The molecule has 0 atom stereocenters. The first-order chi connectivity index (χ1) is 14.1. The first-order valence-electron chi connectivity index (χ1n) is 8.86. The highest BCUT2D eigenvalue weighted by Crippen LogP contribution is 2.23. The summed E-state index contributed by atoms with van der Waals surface area (Å²) in [6.07, 6.45) is 0. The third-order valence-corrected chi connectivity index (χ3v) is 5.95. The molecule has 30 heavy (non-hydrogen) atoms. The Morgan fingerprint density at radius 3 is 2.37 bits per heavy atom. The van der Waals surface area contributed by atoms with E-state index in [1.54, 1.807) is 6.07 Å². The van der Waals surface area contributed by atoms with Crippen LogP contribution in [0.1, 0.15) is 32.1 Å². The summed E-state index contributed by atoms with van der Waals surface area (Å²) in [6, 6.07) is 14.8. The Balaban J connectivity index is 1.78. The lowest BCUT2D eigenvalue weighted by atomic mass is 10.1. The lowest BCUT2D eigenvalue weighted by Crippen LogP contribution is -2.17. The highest BCUT2D eigenvalue weighted by molar-refractivity contribution is 7.89. The van der Waals surface area contributed by atoms with Gasteiger partial charge in [-0.2, -0.15) is 0 Å². The van der Waals surface area contributed by atoms with Crippen LogP contribution in [0, 0.1) is 13.8 Å². The zero-order chi connectivity index (χ0) is 22.1. The van der Waals surface area contributed by atoms with Gasteiger partial charge in [0.25, 0.3) is 0 Å². The van der Waals surface area contributed by atoms with E-state index in [-0.39, 0.29) is 16.4 Å². The molecule has 1 heterocycles. The number of sulfonamides is 1. The lowest BCUT2D eigenvalue weighted by Gasteiger charge is -2.10. The van der Waals surface area contributed by atoms with Crippen molar-refractivity contribution in [3.05, 3.63) is 82.1 Å². The zero-order valence-corrected chi connectivity index (χ0v) is 17.8. The van der Waals surface area contributed by atoms with Crippen LogP contribution in [0.5, 0.6) is 0 Å². The third kappa shape index (κ3) is 4.46. The van der Waals surface area contributed by atoms with E-state index in [2.05, 4.69) is 0 Å². The molecule has 0 bridgehead atoms. The van der Waals surface area contributed by atoms with Gasteiger partial charge in [0, 0.05) is 22.6 Å². The Hall–Kier alpha value is -2.94. The Labute approximate surface area is 179 Å². The van der Waals surface area contributed by atoms with Gasteiger partial charge in [-0.25, -0.2) is 18.4 Å². The maximum absolute atomic E-state index is 12.7. The van der Waals surface area contributed by atoms with Crippen molar-refractivity contribution >= 4 is 33.4 Å². The van der Waals surface area contributed by atoms with Crippen LogP contribution in [0.4, 0.5) is 0 Å². The number of rotatable bonds is 6. The second kappa shape index (κ2) is 8.43. The summed E-state index contributed by atoms with van der Waals surface area (Å²) in [4.78, 5) is 24.5. The van der Waals surface area contributed by atoms with Crippen molar-refractivity contribution in [3.8, 4) is 5.69 Å². The summed E-state index contributed by atoms with van der Waals surface area (Å²) in [7, 11) is -4.11. The molecule has 156 valence electrons. The molecular weight excluding hydrogens is 428 g/mol. The number of hydrogen-bond donors (Lipinski definition) is 1. The summed E-state index contributed by atoms with van der Waals surface area (Å²) < 4.78 is 30.1. The van der Waals surface area contributed by atoms with E-state index in [0.29, 0.717) is 5.56 Å². The van der Waals surface area contributed by atoms with Gasteiger partial charge in [0.1, 0.15) is 4.90 Å². The van der Waals surface area contributed by atoms with Gasteiger partial charge >= 0.3 is 5.97 Å². The molecule has 0 spiro atoms. The van der Waals surface area contributed by atoms with Crippen molar-refractivity contribution in [2.75, 3.05) is 6.61 Å². The molecule has 0 unspecified atom stereocenters. The van der Waals surface area contributed by atoms with Crippen LogP contribution in [-0.2, 0) is 14.8 Å². The van der Waals surface area contributed by atoms with Crippen LogP contribution in [0.15, 0.2) is 59.5 Å². The number of esters is 1. The second-order valence-electron chi connectivity index (χ2n) is 6.65. The Bertz CT molecular complexity index is 1230. The fraction of sp³-hybridized carbons (Fsp3) is 0.143. The molecule has 0 radical (unpaired) electrons. The maximum Gasteiger partial charge on any atom is 0.338 e. The van der Waals surface area contributed by atoms with E-state index in [1.807, 2.05) is 48.7 Å². The first-order valence-corrected chi connectivity index (χ1v) is 10.8. The molecule has 0 aliphatic heterocycles. The van der Waals surface area contributed by atoms with Crippen LogP contribution in [0.25, 0.3) is 5.69 Å². The van der Waals surface area contributed by atoms with Gasteiger partial charge in [0.15, 0.2) is 6.61 Å². The topological polar surface area (TPSA) is 108 Å². The molecule has 9 heteroatoms. The number of aryl methyl sites for hydroxylation is 1. The maximum atomic E-state index is 12.7. The molecule has 0 aliphatic carbocycles. The average Bonchev–Trinajstić information content (AvgIpc) is 3.00. The quantitative estimate of drug-likeness (QED) is 0.461. The van der Waals surface area contributed by atoms with Crippen LogP contribution >= 0.6 is 11.6 Å². The number of halogens is 1. The van der Waals surface area contributed by atoms with Gasteiger partial charge < -0.3 is 9.30 Å². The minimum atomic E-state index is -4.11. The van der Waals surface area contributed by atoms with E-state index in [0.717, 1.165) is 23.1 Å². The van der Waals surface area contributed by atoms with Crippen LogP contribution in [0.3, 0.4) is 0 Å². The van der Waals surface area contributed by atoms with E-state index in [9.17, 15) is 18.0 Å². The molecule has 2 N–H and O–H groups in total. The van der Waals surface area contributed by atoms with Gasteiger partial charge in [-0.3, -0.25) is 4.79 Å². The summed E-state index contributed by atoms with van der Waals surface area (Å²) in [5, 5.41) is 4.97. The highest BCUT2D eigenvalue weighted by Gasteiger charge is 2.20. The molecule has 1 aromatic heterocycles. The fourth-order valence-corrected chi connectivity index (χ4v) is 4.23. The Kier molecular flexibility index (Phi) is 6.12. The van der Waals surface area contributed by atoms with Crippen molar-refractivity contribution in [1.82, 2.24) is 4.57 Å². The number of hydrogen-bond acceptors (Lipinski definition) is 5. The molecular formula is C21H19ClN2O5S. The molecule has 0 saturated heterocycles. The standard InChI is InChI=1S/C21H19ClN2O5S/c1-13-10-17(14(2)24(13)16-6-4-3-5-7-16)19(25)12-29-21(26)15-8-9-18(22)20(11-15)30(23,27)28/h3-11H,12H2,1-2H3,(H2,23,27,28). The number of carbonyl (C=O) groups excluding carboxylic acids is 2. The number of nitrogens with zero attached hydrogens (tertiary/aromatic N) is 1. The number of carbonyl (C=O) groups is 2. The fourth-order valence-electron chi connectivity index (χ4n) is 3.16. The van der Waals surface area contributed by atoms with E-state index in [4.69, 9.17) is 21.5 Å². The predicted octanol–water partition coefficient (Wildman–Crippen LogP) is 3.43. The second-order valence-corrected chi connectivity index (χ2v) is 8.58. The van der Waals surface area contributed by atoms with Crippen molar-refractivity contribution in [1.29, 1.82) is 0 Å². The number of primary sulfonamides is 1. The molecule has 2 aromatic carbocycles. The number of Topliss-reactive ketones (excluding diaryl/α,β-unsaturated/α-hetero) is 1. The number of benzene rings is 2. The van der Waals surface area contributed by atoms with Crippen molar-refractivity contribution in [2.45, 2.75) is 18.7 Å². The number of ether oxygens (including phenoxy) is 1. The van der Waals surface area contributed by atoms with Crippen molar-refractivity contribution < 1.29 is 22.7 Å². The monoisotopic (exact) mass is 446 g/mol. The number of para-hydroxylation sites is 1. The molecule has 3 aromatic rings. The zero-order valence-electron chi connectivity index (χ0n) is 16.3. The van der Waals surface area contributed by atoms with Gasteiger partial charge in [-0.1, -0.05) is 29.8 Å². The first kappa shape index (κ1) is 21.8. The average molecular weight is 447 g/mol. The number of ketones is 1. The molecule has 0 amide bonds. The molecule has 0 saturated carbocycles. The summed E-state index contributed by atoms with van der Waals surface area (Å²) >= 11 is 5.81. The van der Waals surface area contributed by atoms with Crippen LogP contribution in [0.2, 0.25) is 5.02 Å². The Morgan fingerprint density at radius 1 is 1.07 bits per heavy atom. The lowest BCUT2D eigenvalue weighted by molar-refractivity contribution is 0.0474. The number of aromatic nitrogens is 1. The minimum absolute atomic E-state index is 0.0778. The van der Waals surface area contributed by atoms with Gasteiger partial charge in [0.05, 0.1) is 10.6 Å². The van der Waals surface area contributed by atoms with Gasteiger partial charge in [-0.05, 0) is 50.2 Å². The van der Waals surface area contributed by atoms with Gasteiger partial charge in [-0.15, -0.1) is 0 Å². The molecule has 0 aliphatic rings. The third-order valence-electron chi connectivity index (χ3n) is 4.55. The normalized spacial score (nSPS) is 11.3. The molecule has 0 fully saturated rings. The molecule has 7 nitrogen and oxygen atoms in total. The van der Waals surface area contributed by atoms with Crippen molar-refractivity contribution in [3.63, 3.8) is 0 Å². The van der Waals surface area contributed by atoms with E-state index in [1.165, 1.54) is 12.1 Å². The van der Waals surface area contributed by atoms with Crippen LogP contribution in [-0.4, -0.2) is 31.3 Å². The Morgan fingerprint density at radius 2 is 1.73 bits per heavy atom. The largest absolute Gasteiger partial charge is 0.454 e. The van der Waals surface area contributed by atoms with E-state index < -0.39 is 27.5 Å². The summed E-state index contributed by atoms with van der Waals surface area (Å²) in [5.74, 6) is -1.24. The molecule has 3 rings (SSSR count). The van der Waals surface area contributed by atoms with Crippen molar-refractivity contribution in [2.24, 2.45) is 5.14 Å². The van der Waals surface area contributed by atoms with Crippen LogP contribution < -0.4 is 5.14 Å². The van der Waals surface area contributed by atoms with Gasteiger partial charge in [0.2, 0.25) is 15.8 Å². The predicted molar refractivity (Wildman–Crippen MR) is 113 cm³/mol. The summed E-state index contributed by atoms with van der Waals surface area (Å²) in [5.41, 5.74) is 2.86. The SMILES string of the molecule is Cc1cc(C(=O)COC(=O)c2ccc(Cl)c(S(N)(=O)=O)c2)c(C)n1-c1ccccc1.